The molecule has 0 saturated carbocycles. The number of carbonyl (C=O) groups is 2. The fraction of sp³-hybridized carbons (Fsp3) is 0.318. The van der Waals surface area contributed by atoms with Crippen LogP contribution < -0.4 is 0 Å². The summed E-state index contributed by atoms with van der Waals surface area (Å²) in [7, 11) is 0. The van der Waals surface area contributed by atoms with Gasteiger partial charge in [0.25, 0.3) is 5.91 Å². The minimum Gasteiger partial charge on any atom is -0.461 e. The summed E-state index contributed by atoms with van der Waals surface area (Å²) in [6, 6.07) is 13.0. The SMILES string of the molecule is CC1(C)CN2C(=O)CN(C(=O)c3cc(-c4ccco4)on3)CC2c2ccccc21. The number of amides is 2. The third-order valence-corrected chi connectivity index (χ3v) is 5.81. The fourth-order valence-electron chi connectivity index (χ4n) is 4.41. The average molecular weight is 391 g/mol. The average Bonchev–Trinajstić information content (AvgIpc) is 3.40. The molecule has 5 rings (SSSR count). The molecule has 29 heavy (non-hydrogen) atoms. The van der Waals surface area contributed by atoms with Gasteiger partial charge in [0, 0.05) is 24.6 Å². The number of furan rings is 1. The normalized spacial score (nSPS) is 20.3. The van der Waals surface area contributed by atoms with Gasteiger partial charge in [0.1, 0.15) is 6.54 Å². The highest BCUT2D eigenvalue weighted by Gasteiger charge is 2.44. The molecule has 0 bridgehead atoms. The largest absolute Gasteiger partial charge is 0.461 e. The molecule has 2 aromatic heterocycles. The van der Waals surface area contributed by atoms with E-state index < -0.39 is 0 Å². The summed E-state index contributed by atoms with van der Waals surface area (Å²) in [6.07, 6.45) is 1.53. The Hall–Kier alpha value is -3.35. The van der Waals surface area contributed by atoms with E-state index in [0.29, 0.717) is 24.6 Å². The van der Waals surface area contributed by atoms with Gasteiger partial charge in [-0.25, -0.2) is 0 Å². The van der Waals surface area contributed by atoms with Crippen molar-refractivity contribution in [3.8, 4) is 11.5 Å². The highest BCUT2D eigenvalue weighted by Crippen LogP contribution is 2.41. The van der Waals surface area contributed by atoms with Crippen LogP contribution in [0, 0.1) is 0 Å². The van der Waals surface area contributed by atoms with Gasteiger partial charge in [0.05, 0.1) is 12.3 Å². The highest BCUT2D eigenvalue weighted by molar-refractivity contribution is 5.96. The molecule has 0 spiro atoms. The Kier molecular flexibility index (Phi) is 3.87. The zero-order valence-electron chi connectivity index (χ0n) is 16.3. The van der Waals surface area contributed by atoms with E-state index in [9.17, 15) is 9.59 Å². The molecule has 0 radical (unpaired) electrons. The van der Waals surface area contributed by atoms with Gasteiger partial charge in [-0.2, -0.15) is 0 Å². The lowest BCUT2D eigenvalue weighted by atomic mass is 9.75. The first-order valence-electron chi connectivity index (χ1n) is 9.63. The molecule has 0 N–H and O–H groups in total. The molecule has 7 heteroatoms. The molecule has 1 aromatic carbocycles. The van der Waals surface area contributed by atoms with Crippen LogP contribution in [-0.2, 0) is 10.2 Å². The Labute approximate surface area is 167 Å². The van der Waals surface area contributed by atoms with Gasteiger partial charge in [-0.15, -0.1) is 0 Å². The number of rotatable bonds is 2. The molecule has 1 saturated heterocycles. The number of benzene rings is 1. The molecule has 148 valence electrons. The third kappa shape index (κ3) is 2.85. The van der Waals surface area contributed by atoms with Crippen LogP contribution in [0.25, 0.3) is 11.5 Å². The molecule has 4 heterocycles. The summed E-state index contributed by atoms with van der Waals surface area (Å²) in [6.45, 7) is 5.41. The third-order valence-electron chi connectivity index (χ3n) is 5.81. The summed E-state index contributed by atoms with van der Waals surface area (Å²) in [5, 5.41) is 3.89. The zero-order valence-corrected chi connectivity index (χ0v) is 16.3. The van der Waals surface area contributed by atoms with E-state index in [1.54, 1.807) is 23.1 Å². The lowest BCUT2D eigenvalue weighted by Gasteiger charge is -2.49. The number of piperazine rings is 1. The van der Waals surface area contributed by atoms with Crippen molar-refractivity contribution in [3.63, 3.8) is 0 Å². The molecule has 3 aromatic rings. The summed E-state index contributed by atoms with van der Waals surface area (Å²) >= 11 is 0. The number of fused-ring (bicyclic) bond motifs is 3. The number of aromatic nitrogens is 1. The predicted octanol–water partition coefficient (Wildman–Crippen LogP) is 3.25. The predicted molar refractivity (Wildman–Crippen MR) is 104 cm³/mol. The molecule has 1 atom stereocenters. The van der Waals surface area contributed by atoms with Gasteiger partial charge >= 0.3 is 0 Å². The first kappa shape index (κ1) is 17.7. The summed E-state index contributed by atoms with van der Waals surface area (Å²) in [5.74, 6) is 0.516. The standard InChI is InChI=1S/C22H21N3O4/c1-22(2)13-25-17(14-6-3-4-7-15(14)22)11-24(12-20(25)26)21(27)16-10-19(29-23-16)18-8-5-9-28-18/h3-10,17H,11-13H2,1-2H3. The van der Waals surface area contributed by atoms with Crippen molar-refractivity contribution >= 4 is 11.8 Å². The van der Waals surface area contributed by atoms with Crippen LogP contribution in [0.3, 0.4) is 0 Å². The number of nitrogens with zero attached hydrogens (tertiary/aromatic N) is 3. The van der Waals surface area contributed by atoms with Crippen molar-refractivity contribution in [2.45, 2.75) is 25.3 Å². The van der Waals surface area contributed by atoms with E-state index >= 15 is 0 Å². The number of hydrogen-bond acceptors (Lipinski definition) is 5. The maximum atomic E-state index is 13.0. The molecule has 2 aliphatic heterocycles. The topological polar surface area (TPSA) is 79.8 Å². The zero-order chi connectivity index (χ0) is 20.2. The van der Waals surface area contributed by atoms with E-state index in [1.165, 1.54) is 11.8 Å². The van der Waals surface area contributed by atoms with Crippen LogP contribution in [0.15, 0.2) is 57.7 Å². The van der Waals surface area contributed by atoms with E-state index in [2.05, 4.69) is 31.1 Å². The Morgan fingerprint density at radius 2 is 2.00 bits per heavy atom. The summed E-state index contributed by atoms with van der Waals surface area (Å²) in [5.41, 5.74) is 2.37. The maximum absolute atomic E-state index is 13.0. The van der Waals surface area contributed by atoms with E-state index in [-0.39, 0.29) is 35.5 Å². The Morgan fingerprint density at radius 3 is 2.79 bits per heavy atom. The first-order valence-corrected chi connectivity index (χ1v) is 9.63. The van der Waals surface area contributed by atoms with Gasteiger partial charge in [-0.3, -0.25) is 9.59 Å². The van der Waals surface area contributed by atoms with Crippen LogP contribution in [0.2, 0.25) is 0 Å². The highest BCUT2D eigenvalue weighted by atomic mass is 16.5. The van der Waals surface area contributed by atoms with Crippen molar-refractivity contribution in [1.82, 2.24) is 15.0 Å². The van der Waals surface area contributed by atoms with Crippen LogP contribution in [-0.4, -0.2) is 46.4 Å². The summed E-state index contributed by atoms with van der Waals surface area (Å²) < 4.78 is 10.5. The van der Waals surface area contributed by atoms with E-state index in [0.717, 1.165) is 5.56 Å². The van der Waals surface area contributed by atoms with E-state index in [4.69, 9.17) is 8.94 Å². The molecular formula is C22H21N3O4. The maximum Gasteiger partial charge on any atom is 0.276 e. The van der Waals surface area contributed by atoms with Gasteiger partial charge in [-0.05, 0) is 23.3 Å². The minimum absolute atomic E-state index is 0.0382. The monoisotopic (exact) mass is 391 g/mol. The smallest absolute Gasteiger partial charge is 0.276 e. The van der Waals surface area contributed by atoms with Crippen LogP contribution in [0.5, 0.6) is 0 Å². The van der Waals surface area contributed by atoms with Crippen molar-refractivity contribution in [1.29, 1.82) is 0 Å². The Bertz CT molecular complexity index is 1080. The van der Waals surface area contributed by atoms with Crippen molar-refractivity contribution in [2.75, 3.05) is 19.6 Å². The van der Waals surface area contributed by atoms with Crippen molar-refractivity contribution in [2.24, 2.45) is 0 Å². The molecule has 1 fully saturated rings. The number of carbonyl (C=O) groups excluding carboxylic acids is 2. The molecule has 0 aliphatic carbocycles. The van der Waals surface area contributed by atoms with Crippen molar-refractivity contribution in [3.05, 3.63) is 65.5 Å². The molecular weight excluding hydrogens is 370 g/mol. The minimum atomic E-state index is -0.318. The Morgan fingerprint density at radius 1 is 1.17 bits per heavy atom. The number of hydrogen-bond donors (Lipinski definition) is 0. The Balaban J connectivity index is 1.44. The molecule has 7 nitrogen and oxygen atoms in total. The summed E-state index contributed by atoms with van der Waals surface area (Å²) in [4.78, 5) is 29.4. The molecule has 2 amide bonds. The second-order valence-electron chi connectivity index (χ2n) is 8.25. The van der Waals surface area contributed by atoms with Crippen LogP contribution in [0.1, 0.15) is 41.5 Å². The second kappa shape index (κ2) is 6.34. The van der Waals surface area contributed by atoms with E-state index in [1.807, 2.05) is 17.0 Å². The first-order chi connectivity index (χ1) is 13.9. The van der Waals surface area contributed by atoms with Gasteiger partial charge < -0.3 is 18.7 Å². The quantitative estimate of drug-likeness (QED) is 0.670. The molecule has 1 unspecified atom stereocenters. The fourth-order valence-corrected chi connectivity index (χ4v) is 4.41. The van der Waals surface area contributed by atoms with Crippen LogP contribution >= 0.6 is 0 Å². The second-order valence-corrected chi connectivity index (χ2v) is 8.25. The lowest BCUT2D eigenvalue weighted by Crippen LogP contribution is -2.58. The molecule has 2 aliphatic rings. The lowest BCUT2D eigenvalue weighted by molar-refractivity contribution is -0.140. The van der Waals surface area contributed by atoms with Gasteiger partial charge in [-0.1, -0.05) is 43.3 Å². The van der Waals surface area contributed by atoms with Crippen molar-refractivity contribution < 1.29 is 18.5 Å². The van der Waals surface area contributed by atoms with Gasteiger partial charge in [0.15, 0.2) is 11.5 Å². The van der Waals surface area contributed by atoms with Crippen LogP contribution in [0.4, 0.5) is 0 Å². The van der Waals surface area contributed by atoms with Gasteiger partial charge in [0.2, 0.25) is 11.7 Å².